The summed E-state index contributed by atoms with van der Waals surface area (Å²) < 4.78 is 33.0. The van der Waals surface area contributed by atoms with Crippen molar-refractivity contribution in [1.29, 1.82) is 0 Å². The van der Waals surface area contributed by atoms with E-state index in [9.17, 15) is 59.4 Å². The number of aromatic amines is 6. The molecule has 132 heavy (non-hydrogen) atoms. The Morgan fingerprint density at radius 2 is 0.492 bits per heavy atom. The van der Waals surface area contributed by atoms with E-state index < -0.39 is 81.0 Å². The van der Waals surface area contributed by atoms with Gasteiger partial charge in [-0.05, 0) is 165 Å². The molecule has 0 aromatic carbocycles. The Bertz CT molecular complexity index is 6890. The number of nitrogens with zero attached hydrogens (tertiary/aromatic N) is 18. The molecule has 1 unspecified atom stereocenters. The Balaban J connectivity index is 0.000000166. The van der Waals surface area contributed by atoms with Crippen LogP contribution in [0, 0.1) is 35.5 Å². The van der Waals surface area contributed by atoms with Gasteiger partial charge in [-0.3, -0.25) is 58.7 Å². The Morgan fingerprint density at radius 3 is 0.697 bits per heavy atom. The van der Waals surface area contributed by atoms with E-state index in [1.54, 1.807) is 36.2 Å². The second-order valence-electron chi connectivity index (χ2n) is 38.3. The number of aliphatic hydroxyl groups is 6. The van der Waals surface area contributed by atoms with E-state index in [-0.39, 0.29) is 201 Å². The van der Waals surface area contributed by atoms with E-state index in [1.165, 1.54) is 6.33 Å². The Hall–Kier alpha value is -11.9. The first kappa shape index (κ1) is 93.3. The van der Waals surface area contributed by atoms with Crippen LogP contribution < -0.4 is 67.8 Å². The fourth-order valence-corrected chi connectivity index (χ4v) is 47.0. The van der Waals surface area contributed by atoms with Gasteiger partial charge in [-0.25, -0.2) is 29.9 Å². The van der Waals surface area contributed by atoms with Crippen LogP contribution in [-0.4, -0.2) is 235 Å². The van der Waals surface area contributed by atoms with Crippen molar-refractivity contribution >= 4 is 144 Å². The highest BCUT2D eigenvalue weighted by molar-refractivity contribution is 6.87. The maximum Gasteiger partial charge on any atom is 0.280 e. The second kappa shape index (κ2) is 34.6. The molecule has 0 radical (unpaired) electrons. The lowest BCUT2D eigenvalue weighted by Gasteiger charge is -2.44. The predicted molar refractivity (Wildman–Crippen MR) is 509 cm³/mol. The molecule has 0 spiro atoms. The number of nitrogens with one attached hydrogen (secondary N) is 6. The number of rotatable bonds is 23. The van der Waals surface area contributed by atoms with Crippen molar-refractivity contribution in [3.8, 4) is 0 Å². The number of H-pyrrole nitrogens is 6. The van der Waals surface area contributed by atoms with Gasteiger partial charge in [0.05, 0.1) is 86.9 Å². The molecule has 6 aliphatic rings. The van der Waals surface area contributed by atoms with Gasteiger partial charge in [-0.1, -0.05) is 39.5 Å². The standard InChI is InChI=1S/C42H59N15O7Si3.C28H40N10O5Si2.C12H15N5O3/c1-19-22(13-58)28(10-25(19)55-16-46-31-34(55)49-40(43)52-37(31)60)65(4,5)63-15-24-21(3)27(57-18-48-33-36(57)51-42(45)54-39(33)62)12-30(24)67(8,9)64-66(6,7)29-11-26(20(2)23(29)14-59)56-17-47-32-35(56)50-41(44)53-38(32)61;1-13-15(9-39)19(7-17(13)37-11-31-21-23(37)33-27(29)35-25(21)41)44(3,4)43-45(5,6)20-8-18(14(2)16(20)10-40)38-12-32-22-24(38)34-28(30)36-26(22)42;1-5-6(3-18)8(19)2-7(5)17-4-14-9-10(17)15-12(13)16-11(9)20/h16-18,22-30,58-59H,1-3,10-15H2,4-9H3,(H3,43,49,52,60)(H3,44,50,53,61)(H3,45,51,54,62);11-12,15-20,39-40H,1-2,7-10H2,3-6H3,(H3,29,33,35,41)(H3,30,34,36,42);4,6-8,18-19H,1-3H2,(H3,13,15,16,20)/t22-,23-,24-,25-,26-,27-,28-,29-,30-;15-,16-,17-,18-,19-,20-;6-,7?,8-/m000/s1. The molecule has 0 aliphatic heterocycles. The fourth-order valence-electron chi connectivity index (χ4n) is 22.5. The normalized spacial score (nSPS) is 26.3. The molecule has 0 saturated heterocycles. The highest BCUT2D eigenvalue weighted by atomic mass is 28.4. The summed E-state index contributed by atoms with van der Waals surface area (Å²) >= 11 is 0. The van der Waals surface area contributed by atoms with Crippen LogP contribution in [0.3, 0.4) is 0 Å². The minimum atomic E-state index is -2.80. The van der Waals surface area contributed by atoms with E-state index in [0.717, 1.165) is 27.9 Å². The zero-order chi connectivity index (χ0) is 95.3. The van der Waals surface area contributed by atoms with Crippen LogP contribution in [0.4, 0.5) is 35.7 Å². The van der Waals surface area contributed by atoms with Gasteiger partial charge in [0.15, 0.2) is 109 Å². The van der Waals surface area contributed by atoms with Gasteiger partial charge in [-0.2, -0.15) is 29.9 Å². The third-order valence-corrected chi connectivity index (χ3v) is 50.5. The molecule has 50 heteroatoms. The Kier molecular flexibility index (Phi) is 24.4. The molecule has 12 aromatic heterocycles. The third-order valence-electron chi connectivity index (χ3n) is 29.0. The molecule has 12 heterocycles. The van der Waals surface area contributed by atoms with Gasteiger partial charge >= 0.3 is 0 Å². The van der Waals surface area contributed by atoms with Crippen LogP contribution in [0.1, 0.15) is 74.8 Å². The molecule has 6 saturated carbocycles. The highest BCUT2D eigenvalue weighted by Gasteiger charge is 2.58. The SMILES string of the molecule is C=C1C(n2cnc3c(=O)[nH]c(N)nc32)C[C@H](O)[C@H]1CO.C=C1[C@H](CO)[C@@H]([Si](C)(C)OC[C@H]2C(=C)[C@@H](n3cnc4c(=O)[nH]c(N)nc43)C[C@@H]2[Si](C)(C)O[Si](C)(C)[C@H]2C[C@H](n3cnc4c(=O)[nH]c(N)nc43)C(=C)[C@@H]2CO)C[C@@H]1n1cnc2c(=O)[nH]c(N)nc21.C=C1[C@H](CO)[C@@H]([Si](C)(C)O[Si](C)(C)[C@H]2C[C@H](n3cnc4c(=O)[nH]c(N)nc43)C(=C)[C@@H]2CO)C[C@@H]1n1cnc2c(=O)[nH]c(N)nc21. The minimum absolute atomic E-state index is 0.00328. The summed E-state index contributed by atoms with van der Waals surface area (Å²) in [6, 6.07) is -1.69. The molecule has 24 N–H and O–H groups in total. The first-order chi connectivity index (χ1) is 62.3. The number of nitrogen functional groups attached to an aromatic ring is 6. The largest absolute Gasteiger partial charge is 0.455 e. The van der Waals surface area contributed by atoms with Crippen LogP contribution in [0.25, 0.3) is 67.0 Å². The predicted octanol–water partition coefficient (Wildman–Crippen LogP) is 4.20. The Labute approximate surface area is 757 Å². The summed E-state index contributed by atoms with van der Waals surface area (Å²) in [7, 11) is -13.4. The first-order valence-electron chi connectivity index (χ1n) is 43.5. The number of imidazole rings is 6. The maximum atomic E-state index is 12.9. The third kappa shape index (κ3) is 16.2. The number of anilines is 6. The average molecular weight is 1900 g/mol. The monoisotopic (exact) mass is 1900 g/mol. The van der Waals surface area contributed by atoms with Crippen molar-refractivity contribution in [3.63, 3.8) is 0 Å². The Morgan fingerprint density at radius 1 is 0.311 bits per heavy atom. The van der Waals surface area contributed by atoms with Gasteiger partial charge in [0.2, 0.25) is 35.7 Å². The molecule has 18 atom stereocenters. The van der Waals surface area contributed by atoms with Gasteiger partial charge in [0, 0.05) is 68.5 Å². The summed E-state index contributed by atoms with van der Waals surface area (Å²) in [6.45, 7) is 47.9. The molecule has 0 amide bonds. The van der Waals surface area contributed by atoms with Gasteiger partial charge < -0.3 is 105 Å². The lowest BCUT2D eigenvalue weighted by Crippen LogP contribution is -2.52. The summed E-state index contributed by atoms with van der Waals surface area (Å²) in [5.74, 6) is -1.62. The van der Waals surface area contributed by atoms with Crippen molar-refractivity contribution in [3.05, 3.63) is 173 Å². The molecule has 6 fully saturated rings. The number of aliphatic hydroxyl groups excluding tert-OH is 6. The highest BCUT2D eigenvalue weighted by Crippen LogP contribution is 2.60. The van der Waals surface area contributed by atoms with Crippen LogP contribution in [-0.2, 0) is 12.7 Å². The van der Waals surface area contributed by atoms with E-state index in [0.29, 0.717) is 84.6 Å². The van der Waals surface area contributed by atoms with Crippen molar-refractivity contribution in [1.82, 2.24) is 117 Å². The summed E-state index contributed by atoms with van der Waals surface area (Å²) in [5, 5.41) is 62.2. The van der Waals surface area contributed by atoms with E-state index in [1.807, 2.05) is 22.8 Å². The molecular weight excluding hydrogens is 1790 g/mol. The van der Waals surface area contributed by atoms with Crippen LogP contribution >= 0.6 is 0 Å². The van der Waals surface area contributed by atoms with Crippen LogP contribution in [0.15, 0.2) is 140 Å². The van der Waals surface area contributed by atoms with Crippen LogP contribution in [0.5, 0.6) is 0 Å². The zero-order valence-electron chi connectivity index (χ0n) is 75.0. The average Bonchev–Trinajstić information content (AvgIpc) is 1.51. The van der Waals surface area contributed by atoms with E-state index in [4.69, 9.17) is 53.6 Å². The lowest BCUT2D eigenvalue weighted by molar-refractivity contribution is 0.101. The van der Waals surface area contributed by atoms with Gasteiger partial charge in [-0.15, -0.1) is 0 Å². The maximum absolute atomic E-state index is 12.9. The molecule has 12 aromatic rings. The van der Waals surface area contributed by atoms with Crippen molar-refractivity contribution in [2.45, 2.75) is 174 Å². The number of fused-ring (bicyclic) bond motifs is 6. The number of hydrogen-bond acceptors (Lipinski definition) is 33. The summed E-state index contributed by atoms with van der Waals surface area (Å²) in [5.41, 5.74) is 40.6. The summed E-state index contributed by atoms with van der Waals surface area (Å²) in [4.78, 5) is 142. The zero-order valence-corrected chi connectivity index (χ0v) is 80.0. The summed E-state index contributed by atoms with van der Waals surface area (Å²) in [6.07, 6.45) is 12.2. The molecule has 18 rings (SSSR count). The molecule has 6 aliphatic carbocycles. The first-order valence-corrected chi connectivity index (χ1v) is 58.4. The van der Waals surface area contributed by atoms with Crippen molar-refractivity contribution in [2.24, 2.45) is 35.5 Å². The minimum Gasteiger partial charge on any atom is -0.455 e. The molecule has 702 valence electrons. The van der Waals surface area contributed by atoms with Crippen molar-refractivity contribution in [2.75, 3.05) is 74.0 Å². The topological polar surface area (TPSA) is 687 Å². The van der Waals surface area contributed by atoms with Gasteiger partial charge in [0.25, 0.3) is 33.4 Å². The van der Waals surface area contributed by atoms with Crippen molar-refractivity contribution < 1.29 is 43.3 Å². The second-order valence-corrected chi connectivity index (χ2v) is 60.0. The number of nitrogens with two attached hydrogens (primary N) is 6. The molecule has 0 bridgehead atoms. The number of hydrogen-bond donors (Lipinski definition) is 18. The molecular formula is C82H114N30O15Si5. The number of aromatic nitrogens is 24. The van der Waals surface area contributed by atoms with Crippen LogP contribution in [0.2, 0.25) is 93.2 Å². The smallest absolute Gasteiger partial charge is 0.280 e. The lowest BCUT2D eigenvalue weighted by atomic mass is 10.0. The van der Waals surface area contributed by atoms with E-state index >= 15 is 0 Å². The van der Waals surface area contributed by atoms with E-state index in [2.05, 4.69) is 188 Å². The fraction of sp³-hybridized carbons (Fsp3) is 0.488. The molecule has 45 nitrogen and oxygen atoms in total. The quantitative estimate of drug-likeness (QED) is 0.0315. The van der Waals surface area contributed by atoms with Gasteiger partial charge in [0.1, 0.15) is 0 Å².